The molecule has 0 aliphatic carbocycles. The fraction of sp³-hybridized carbons (Fsp3) is 0.800. The molecule has 0 radical (unpaired) electrons. The molecule has 0 saturated carbocycles. The van der Waals surface area contributed by atoms with Gasteiger partial charge in [0, 0.05) is 34.4 Å². The van der Waals surface area contributed by atoms with Crippen LogP contribution in [0, 0.1) is 0 Å². The second-order valence-electron chi connectivity index (χ2n) is 4.60. The Morgan fingerprint density at radius 3 is 2.35 bits per heavy atom. The lowest BCUT2D eigenvalue weighted by molar-refractivity contribution is -0.138. The van der Waals surface area contributed by atoms with Gasteiger partial charge in [-0.2, -0.15) is 0 Å². The summed E-state index contributed by atoms with van der Waals surface area (Å²) < 4.78 is 11.0. The number of carbonyl (C=O) groups excluding carboxylic acids is 1. The Labute approximate surface area is 104 Å². The molecule has 2 amide bonds. The van der Waals surface area contributed by atoms with Gasteiger partial charge in [0.2, 0.25) is 0 Å². The van der Waals surface area contributed by atoms with Crippen LogP contribution in [0.25, 0.3) is 0 Å². The molecule has 2 atom stereocenters. The molecular formula is C10H20N2O4S. The summed E-state index contributed by atoms with van der Waals surface area (Å²) in [5.74, 6) is -0.974. The largest absolute Gasteiger partial charge is 0.481 e. The van der Waals surface area contributed by atoms with Crippen molar-refractivity contribution in [3.05, 3.63) is 0 Å². The highest BCUT2D eigenvalue weighted by atomic mass is 32.2. The van der Waals surface area contributed by atoms with Gasteiger partial charge in [0.05, 0.1) is 6.42 Å². The number of hydrogen-bond donors (Lipinski definition) is 3. The first kappa shape index (κ1) is 15.9. The Morgan fingerprint density at radius 2 is 1.94 bits per heavy atom. The monoisotopic (exact) mass is 264 g/mol. The van der Waals surface area contributed by atoms with Gasteiger partial charge in [0.1, 0.15) is 0 Å². The number of nitrogens with one attached hydrogen (secondary N) is 2. The summed E-state index contributed by atoms with van der Waals surface area (Å²) in [6.07, 6.45) is 1.41. The molecule has 0 aliphatic heterocycles. The Morgan fingerprint density at radius 1 is 1.41 bits per heavy atom. The van der Waals surface area contributed by atoms with E-state index in [2.05, 4.69) is 10.6 Å². The Bertz CT molecular complexity index is 317. The third-order valence-corrected chi connectivity index (χ3v) is 3.46. The van der Waals surface area contributed by atoms with Crippen molar-refractivity contribution in [1.29, 1.82) is 0 Å². The zero-order chi connectivity index (χ0) is 13.6. The van der Waals surface area contributed by atoms with Crippen LogP contribution >= 0.6 is 0 Å². The predicted molar refractivity (Wildman–Crippen MR) is 66.4 cm³/mol. The van der Waals surface area contributed by atoms with Gasteiger partial charge in [-0.3, -0.25) is 9.00 Å². The molecule has 100 valence electrons. The number of hydrogen-bond acceptors (Lipinski definition) is 3. The van der Waals surface area contributed by atoms with Gasteiger partial charge in [-0.1, -0.05) is 0 Å². The van der Waals surface area contributed by atoms with Gasteiger partial charge >= 0.3 is 12.0 Å². The molecule has 0 fully saturated rings. The van der Waals surface area contributed by atoms with Crippen LogP contribution in [-0.4, -0.2) is 44.9 Å². The number of carboxylic acid groups (broad SMARTS) is 1. The number of aliphatic carboxylic acids is 1. The average molecular weight is 264 g/mol. The molecule has 7 heteroatoms. The normalized spacial score (nSPS) is 14.8. The van der Waals surface area contributed by atoms with Gasteiger partial charge < -0.3 is 15.7 Å². The maximum Gasteiger partial charge on any atom is 0.315 e. The van der Waals surface area contributed by atoms with Crippen LogP contribution in [0.15, 0.2) is 0 Å². The van der Waals surface area contributed by atoms with Crippen molar-refractivity contribution >= 4 is 22.8 Å². The summed E-state index contributed by atoms with van der Waals surface area (Å²) in [4.78, 5) is 22.0. The number of carbonyl (C=O) groups is 2. The summed E-state index contributed by atoms with van der Waals surface area (Å²) in [5, 5.41) is 13.6. The zero-order valence-electron chi connectivity index (χ0n) is 10.6. The highest BCUT2D eigenvalue weighted by Crippen LogP contribution is 2.07. The van der Waals surface area contributed by atoms with E-state index in [-0.39, 0.29) is 18.2 Å². The van der Waals surface area contributed by atoms with Gasteiger partial charge in [0.25, 0.3) is 0 Å². The van der Waals surface area contributed by atoms with Crippen LogP contribution in [0.1, 0.15) is 27.2 Å². The lowest BCUT2D eigenvalue weighted by Gasteiger charge is -2.24. The van der Waals surface area contributed by atoms with E-state index in [1.54, 1.807) is 27.0 Å². The Kier molecular flexibility index (Phi) is 6.15. The Balaban J connectivity index is 4.09. The van der Waals surface area contributed by atoms with E-state index in [0.29, 0.717) is 0 Å². The highest BCUT2D eigenvalue weighted by Gasteiger charge is 2.23. The average Bonchev–Trinajstić information content (AvgIpc) is 2.10. The number of rotatable bonds is 6. The van der Waals surface area contributed by atoms with Gasteiger partial charge in [-0.05, 0) is 20.8 Å². The second-order valence-corrected chi connectivity index (χ2v) is 6.40. The van der Waals surface area contributed by atoms with Crippen molar-refractivity contribution in [2.45, 2.75) is 38.0 Å². The second kappa shape index (κ2) is 6.58. The topological polar surface area (TPSA) is 95.5 Å². The predicted octanol–water partition coefficient (Wildman–Crippen LogP) is 0.306. The quantitative estimate of drug-likeness (QED) is 0.643. The van der Waals surface area contributed by atoms with Crippen LogP contribution in [0.3, 0.4) is 0 Å². The minimum absolute atomic E-state index is 0.136. The minimum atomic E-state index is -0.996. The summed E-state index contributed by atoms with van der Waals surface area (Å²) >= 11 is 0. The SMILES string of the molecule is CC(CNC(=O)NC(C)(C)CC(=O)O)S(C)=O. The van der Waals surface area contributed by atoms with E-state index < -0.39 is 28.3 Å². The molecule has 0 aromatic rings. The van der Waals surface area contributed by atoms with Crippen molar-refractivity contribution in [2.75, 3.05) is 12.8 Å². The summed E-state index contributed by atoms with van der Waals surface area (Å²) in [6, 6.07) is -0.450. The Hall–Kier alpha value is -1.11. The van der Waals surface area contributed by atoms with E-state index >= 15 is 0 Å². The smallest absolute Gasteiger partial charge is 0.315 e. The van der Waals surface area contributed by atoms with Crippen molar-refractivity contribution in [1.82, 2.24) is 10.6 Å². The molecule has 0 bridgehead atoms. The lowest BCUT2D eigenvalue weighted by atomic mass is 10.0. The molecule has 0 heterocycles. The first-order valence-corrected chi connectivity index (χ1v) is 6.86. The van der Waals surface area contributed by atoms with Crippen LogP contribution < -0.4 is 10.6 Å². The fourth-order valence-electron chi connectivity index (χ4n) is 1.13. The van der Waals surface area contributed by atoms with Crippen molar-refractivity contribution in [2.24, 2.45) is 0 Å². The zero-order valence-corrected chi connectivity index (χ0v) is 11.4. The van der Waals surface area contributed by atoms with E-state index in [1.807, 2.05) is 0 Å². The molecule has 6 nitrogen and oxygen atoms in total. The number of amides is 2. The molecule has 0 saturated heterocycles. The molecule has 2 unspecified atom stereocenters. The van der Waals surface area contributed by atoms with E-state index in [1.165, 1.54) is 0 Å². The van der Waals surface area contributed by atoms with Gasteiger partial charge in [-0.25, -0.2) is 4.79 Å². The third kappa shape index (κ3) is 7.73. The van der Waals surface area contributed by atoms with Crippen molar-refractivity contribution < 1.29 is 18.9 Å². The molecule has 17 heavy (non-hydrogen) atoms. The standard InChI is InChI=1S/C10H20N2O4S/c1-7(17(4)16)6-11-9(15)12-10(2,3)5-8(13)14/h7H,5-6H2,1-4H3,(H,13,14)(H2,11,12,15). The first-order valence-electron chi connectivity index (χ1n) is 5.24. The molecule has 3 N–H and O–H groups in total. The number of urea groups is 1. The van der Waals surface area contributed by atoms with Crippen LogP contribution in [0.2, 0.25) is 0 Å². The lowest BCUT2D eigenvalue weighted by Crippen LogP contribution is -2.50. The van der Waals surface area contributed by atoms with Crippen LogP contribution in [0.5, 0.6) is 0 Å². The third-order valence-electron chi connectivity index (χ3n) is 2.16. The molecule has 0 aromatic heterocycles. The molecule has 0 spiro atoms. The fourth-order valence-corrected chi connectivity index (χ4v) is 1.45. The van der Waals surface area contributed by atoms with E-state index in [0.717, 1.165) is 0 Å². The first-order chi connectivity index (χ1) is 7.64. The van der Waals surface area contributed by atoms with Gasteiger partial charge in [0.15, 0.2) is 0 Å². The highest BCUT2D eigenvalue weighted by molar-refractivity contribution is 7.84. The minimum Gasteiger partial charge on any atom is -0.481 e. The van der Waals surface area contributed by atoms with Crippen LogP contribution in [0.4, 0.5) is 4.79 Å². The molecular weight excluding hydrogens is 244 g/mol. The maximum atomic E-state index is 11.5. The molecule has 0 aromatic carbocycles. The van der Waals surface area contributed by atoms with Crippen LogP contribution in [-0.2, 0) is 15.6 Å². The van der Waals surface area contributed by atoms with E-state index in [4.69, 9.17) is 5.11 Å². The summed E-state index contributed by atoms with van der Waals surface area (Å²) in [6.45, 7) is 5.31. The van der Waals surface area contributed by atoms with Crippen molar-refractivity contribution in [3.63, 3.8) is 0 Å². The molecule has 0 rings (SSSR count). The van der Waals surface area contributed by atoms with Crippen molar-refractivity contribution in [3.8, 4) is 0 Å². The summed E-state index contributed by atoms with van der Waals surface area (Å²) in [7, 11) is -0.996. The summed E-state index contributed by atoms with van der Waals surface area (Å²) in [5.41, 5.74) is -0.815. The van der Waals surface area contributed by atoms with E-state index in [9.17, 15) is 13.8 Å². The number of carboxylic acids is 1. The molecule has 0 aliphatic rings. The van der Waals surface area contributed by atoms with Gasteiger partial charge in [-0.15, -0.1) is 0 Å². The maximum absolute atomic E-state index is 11.5.